The molecule has 8 rings (SSSR count). The van der Waals surface area contributed by atoms with Gasteiger partial charge in [0.2, 0.25) is 0 Å². The maximum absolute atomic E-state index is 4.85. The van der Waals surface area contributed by atoms with Gasteiger partial charge in [0.25, 0.3) is 0 Å². The minimum absolute atomic E-state index is 1.04. The summed E-state index contributed by atoms with van der Waals surface area (Å²) in [6.45, 7) is 0. The summed E-state index contributed by atoms with van der Waals surface area (Å²) in [6.07, 6.45) is 1.90. The van der Waals surface area contributed by atoms with Crippen LogP contribution in [0.1, 0.15) is 0 Å². The van der Waals surface area contributed by atoms with Crippen molar-refractivity contribution < 1.29 is 0 Å². The van der Waals surface area contributed by atoms with E-state index in [1.165, 1.54) is 58.7 Å². The summed E-state index contributed by atoms with van der Waals surface area (Å²) < 4.78 is 5.06. The largest absolute Gasteiger partial charge is 0.306 e. The molecule has 168 valence electrons. The van der Waals surface area contributed by atoms with Crippen molar-refractivity contribution in [1.82, 2.24) is 9.55 Å². The summed E-state index contributed by atoms with van der Waals surface area (Å²) in [5.41, 5.74) is 7.07. The highest BCUT2D eigenvalue weighted by molar-refractivity contribution is 7.26. The first kappa shape index (κ1) is 19.8. The third-order valence-corrected chi connectivity index (χ3v) is 8.38. The highest BCUT2D eigenvalue weighted by Gasteiger charge is 2.20. The van der Waals surface area contributed by atoms with E-state index >= 15 is 0 Å². The third kappa shape index (κ3) is 2.69. The summed E-state index contributed by atoms with van der Waals surface area (Å²) in [6, 6.07) is 41.5. The van der Waals surface area contributed by atoms with Crippen LogP contribution in [0.4, 0.5) is 0 Å². The summed E-state index contributed by atoms with van der Waals surface area (Å²) in [5.74, 6) is 0. The van der Waals surface area contributed by atoms with Crippen LogP contribution in [-0.4, -0.2) is 9.55 Å². The van der Waals surface area contributed by atoms with Crippen LogP contribution in [0.2, 0.25) is 0 Å². The van der Waals surface area contributed by atoms with E-state index in [0.717, 1.165) is 11.0 Å². The lowest BCUT2D eigenvalue weighted by atomic mass is 9.97. The molecule has 2 nitrogen and oxygen atoms in total. The van der Waals surface area contributed by atoms with Gasteiger partial charge in [-0.2, -0.15) is 0 Å². The molecule has 0 bridgehead atoms. The van der Waals surface area contributed by atoms with Crippen LogP contribution in [0.25, 0.3) is 69.7 Å². The Bertz CT molecular complexity index is 2100. The minimum atomic E-state index is 1.04. The Kier molecular flexibility index (Phi) is 4.13. The van der Waals surface area contributed by atoms with E-state index in [1.807, 2.05) is 23.6 Å². The van der Waals surface area contributed by atoms with Crippen molar-refractivity contribution >= 4 is 64.2 Å². The Morgan fingerprint density at radius 3 is 2.22 bits per heavy atom. The van der Waals surface area contributed by atoms with Crippen molar-refractivity contribution in [3.8, 4) is 16.8 Å². The number of hydrogen-bond acceptors (Lipinski definition) is 2. The smallest absolute Gasteiger partial charge is 0.0963 e. The molecule has 36 heavy (non-hydrogen) atoms. The molecule has 0 saturated heterocycles. The molecule has 0 unspecified atom stereocenters. The summed E-state index contributed by atoms with van der Waals surface area (Å²) in [4.78, 5) is 4.85. The van der Waals surface area contributed by atoms with Crippen molar-refractivity contribution in [3.63, 3.8) is 0 Å². The third-order valence-electron chi connectivity index (χ3n) is 7.25. The van der Waals surface area contributed by atoms with Gasteiger partial charge in [-0.15, -0.1) is 11.3 Å². The first-order chi connectivity index (χ1) is 17.9. The molecule has 5 aromatic carbocycles. The zero-order valence-electron chi connectivity index (χ0n) is 19.3. The summed E-state index contributed by atoms with van der Waals surface area (Å²) in [5, 5.41) is 6.29. The summed E-state index contributed by atoms with van der Waals surface area (Å²) >= 11 is 1.86. The topological polar surface area (TPSA) is 17.8 Å². The number of thiophene rings is 1. The molecule has 0 radical (unpaired) electrons. The Morgan fingerprint density at radius 2 is 1.33 bits per heavy atom. The highest BCUT2D eigenvalue weighted by atomic mass is 32.1. The first-order valence-corrected chi connectivity index (χ1v) is 13.0. The second-order valence-corrected chi connectivity index (χ2v) is 10.3. The fourth-order valence-electron chi connectivity index (χ4n) is 5.73. The van der Waals surface area contributed by atoms with Gasteiger partial charge in [0.05, 0.1) is 22.2 Å². The van der Waals surface area contributed by atoms with Gasteiger partial charge in [-0.25, -0.2) is 0 Å². The average molecular weight is 477 g/mol. The number of benzene rings is 5. The molecule has 0 aliphatic heterocycles. The average Bonchev–Trinajstić information content (AvgIpc) is 3.48. The Balaban J connectivity index is 1.58. The monoisotopic (exact) mass is 476 g/mol. The Morgan fingerprint density at radius 1 is 0.556 bits per heavy atom. The first-order valence-electron chi connectivity index (χ1n) is 12.2. The number of rotatable bonds is 2. The molecule has 0 saturated carbocycles. The lowest BCUT2D eigenvalue weighted by Gasteiger charge is -2.15. The van der Waals surface area contributed by atoms with Gasteiger partial charge in [-0.05, 0) is 52.9 Å². The molecular weight excluding hydrogens is 456 g/mol. The van der Waals surface area contributed by atoms with E-state index in [4.69, 9.17) is 4.98 Å². The molecule has 0 aliphatic rings. The minimum Gasteiger partial charge on any atom is -0.306 e. The number of fused-ring (bicyclic) bond motifs is 8. The van der Waals surface area contributed by atoms with Crippen molar-refractivity contribution in [2.24, 2.45) is 0 Å². The molecular formula is C33H20N2S. The quantitative estimate of drug-likeness (QED) is 0.243. The molecule has 3 aromatic heterocycles. The lowest BCUT2D eigenvalue weighted by Crippen LogP contribution is -1.97. The van der Waals surface area contributed by atoms with Crippen LogP contribution in [0.15, 0.2) is 121 Å². The van der Waals surface area contributed by atoms with E-state index in [0.29, 0.717) is 0 Å². The normalized spacial score (nSPS) is 11.9. The molecule has 0 amide bonds. The van der Waals surface area contributed by atoms with Crippen LogP contribution in [0.5, 0.6) is 0 Å². The van der Waals surface area contributed by atoms with Gasteiger partial charge in [-0.1, -0.05) is 78.9 Å². The number of aromatic nitrogens is 2. The highest BCUT2D eigenvalue weighted by Crippen LogP contribution is 2.43. The van der Waals surface area contributed by atoms with E-state index in [-0.39, 0.29) is 0 Å². The van der Waals surface area contributed by atoms with Crippen LogP contribution >= 0.6 is 11.3 Å². The fraction of sp³-hybridized carbons (Fsp3) is 0. The predicted octanol–water partition coefficient (Wildman–Crippen LogP) is 9.37. The van der Waals surface area contributed by atoms with Gasteiger partial charge in [-0.3, -0.25) is 4.98 Å². The van der Waals surface area contributed by atoms with Crippen LogP contribution in [0.3, 0.4) is 0 Å². The van der Waals surface area contributed by atoms with Gasteiger partial charge >= 0.3 is 0 Å². The second-order valence-electron chi connectivity index (χ2n) is 9.18. The van der Waals surface area contributed by atoms with Gasteiger partial charge in [0.15, 0.2) is 0 Å². The van der Waals surface area contributed by atoms with Crippen molar-refractivity contribution in [2.75, 3.05) is 0 Å². The second kappa shape index (κ2) is 7.51. The van der Waals surface area contributed by atoms with Gasteiger partial charge in [0.1, 0.15) is 0 Å². The molecule has 3 heterocycles. The summed E-state index contributed by atoms with van der Waals surface area (Å²) in [7, 11) is 0. The lowest BCUT2D eigenvalue weighted by molar-refractivity contribution is 1.20. The fourth-order valence-corrected chi connectivity index (χ4v) is 6.83. The molecule has 0 spiro atoms. The van der Waals surface area contributed by atoms with Gasteiger partial charge < -0.3 is 4.57 Å². The van der Waals surface area contributed by atoms with Gasteiger partial charge in [0, 0.05) is 37.1 Å². The molecule has 0 atom stereocenters. The van der Waals surface area contributed by atoms with E-state index < -0.39 is 0 Å². The van der Waals surface area contributed by atoms with Crippen molar-refractivity contribution in [1.29, 1.82) is 0 Å². The Hall–Kier alpha value is -4.47. The standard InChI is InChI=1S/C33H20N2S/c1-2-9-21(10-3-1)22-16-18-27(24-12-5-4-11-23(22)24)35-28-14-8-20-34-32(28)26-17-19-30-31(33(26)35)25-13-6-7-15-29(25)36-30/h1-20H. The predicted molar refractivity (Wildman–Crippen MR) is 154 cm³/mol. The number of hydrogen-bond donors (Lipinski definition) is 0. The van der Waals surface area contributed by atoms with Crippen molar-refractivity contribution in [2.45, 2.75) is 0 Å². The van der Waals surface area contributed by atoms with Crippen LogP contribution in [0, 0.1) is 0 Å². The van der Waals surface area contributed by atoms with E-state index in [2.05, 4.69) is 114 Å². The van der Waals surface area contributed by atoms with E-state index in [9.17, 15) is 0 Å². The number of pyridine rings is 1. The maximum Gasteiger partial charge on any atom is 0.0963 e. The van der Waals surface area contributed by atoms with Crippen LogP contribution in [-0.2, 0) is 0 Å². The maximum atomic E-state index is 4.85. The van der Waals surface area contributed by atoms with Crippen LogP contribution < -0.4 is 0 Å². The van der Waals surface area contributed by atoms with E-state index in [1.54, 1.807) is 0 Å². The zero-order valence-corrected chi connectivity index (χ0v) is 20.2. The van der Waals surface area contributed by atoms with Crippen molar-refractivity contribution in [3.05, 3.63) is 121 Å². The number of nitrogens with zero attached hydrogens (tertiary/aromatic N) is 2. The molecule has 0 N–H and O–H groups in total. The molecule has 0 fully saturated rings. The molecule has 3 heteroatoms. The molecule has 0 aliphatic carbocycles. The Labute approximate surface area is 211 Å². The zero-order chi connectivity index (χ0) is 23.6. The SMILES string of the molecule is c1ccc(-c2ccc(-n3c4cccnc4c4ccc5sc6ccccc6c5c43)c3ccccc23)cc1. The molecule has 8 aromatic rings.